The molecule has 20 heteroatoms. The van der Waals surface area contributed by atoms with Gasteiger partial charge in [0.25, 0.3) is 11.1 Å². The van der Waals surface area contributed by atoms with Crippen molar-refractivity contribution in [3.8, 4) is 0 Å². The van der Waals surface area contributed by atoms with E-state index in [-0.39, 0.29) is 39.7 Å². The van der Waals surface area contributed by atoms with Crippen molar-refractivity contribution in [2.75, 3.05) is 53.8 Å². The van der Waals surface area contributed by atoms with Gasteiger partial charge in [-0.1, -0.05) is 0 Å². The minimum Gasteiger partial charge on any atom is -0.379 e. The lowest BCUT2D eigenvalue weighted by Gasteiger charge is -2.34. The lowest BCUT2D eigenvalue weighted by Crippen LogP contribution is -2.44. The van der Waals surface area contributed by atoms with E-state index in [0.29, 0.717) is 56.4 Å². The number of fused-ring (bicyclic) bond motifs is 4. The van der Waals surface area contributed by atoms with Crippen molar-refractivity contribution < 1.29 is 42.5 Å². The van der Waals surface area contributed by atoms with Gasteiger partial charge in [-0.05, 0) is 69.9 Å². The Kier molecular flexibility index (Phi) is 11.6. The Hall–Kier alpha value is -2.28. The van der Waals surface area contributed by atoms with Gasteiger partial charge < -0.3 is 46.7 Å². The van der Waals surface area contributed by atoms with Crippen LogP contribution in [0.1, 0.15) is 67.6 Å². The zero-order chi connectivity index (χ0) is 42.9. The number of aromatic amines is 2. The Labute approximate surface area is 338 Å². The second-order valence-corrected chi connectivity index (χ2v) is 17.8. The Morgan fingerprint density at radius 1 is 0.927 bits per heavy atom. The smallest absolute Gasteiger partial charge is 0.254 e. The van der Waals surface area contributed by atoms with Gasteiger partial charge in [-0.15, -0.1) is 0 Å². The average molecular weight is 845 g/mol. The van der Waals surface area contributed by atoms with Crippen molar-refractivity contribution in [2.45, 2.75) is 99.9 Å². The summed E-state index contributed by atoms with van der Waals surface area (Å²) in [5.41, 5.74) is -1.56. The van der Waals surface area contributed by atoms with Crippen LogP contribution in [0.2, 0.25) is 0 Å². The van der Waals surface area contributed by atoms with Crippen LogP contribution < -0.4 is 11.1 Å². The summed E-state index contributed by atoms with van der Waals surface area (Å²) in [6, 6.07) is 0. The number of aromatic nitrogens is 4. The molecule has 4 unspecified atom stereocenters. The summed E-state index contributed by atoms with van der Waals surface area (Å²) in [7, 11) is -5.35. The topological polar surface area (TPSA) is 158 Å². The van der Waals surface area contributed by atoms with Crippen LogP contribution >= 0.6 is 41.2 Å². The van der Waals surface area contributed by atoms with Gasteiger partial charge in [0.1, 0.15) is 54.7 Å². The average Bonchev–Trinajstić information content (AvgIpc) is 3.42. The molecule has 300 valence electrons. The molecule has 0 amide bonds. The van der Waals surface area contributed by atoms with Crippen LogP contribution in [-0.2, 0) is 37.0 Å². The molecule has 4 heterocycles. The van der Waals surface area contributed by atoms with E-state index < -0.39 is 78.4 Å². The number of hydrogen-bond donors (Lipinski definition) is 2. The molecule has 5 fully saturated rings. The third kappa shape index (κ3) is 8.49. The lowest BCUT2D eigenvalue weighted by atomic mass is 9.92. The number of nitrogens with one attached hydrogen (secondary N) is 2. The van der Waals surface area contributed by atoms with Crippen LogP contribution in [0.25, 0.3) is 9.69 Å². The first-order valence-corrected chi connectivity index (χ1v) is 21.8. The lowest BCUT2D eigenvalue weighted by molar-refractivity contribution is -0.113. The maximum Gasteiger partial charge on any atom is 0.254 e. The van der Waals surface area contributed by atoms with Crippen molar-refractivity contribution in [3.63, 3.8) is 0 Å². The molecule has 16 nitrogen and oxygen atoms in total. The van der Waals surface area contributed by atoms with Gasteiger partial charge in [-0.25, -0.2) is 13.1 Å². The molecule has 0 spiro atoms. The highest BCUT2D eigenvalue weighted by Crippen LogP contribution is 2.70. The highest BCUT2D eigenvalue weighted by atomic mass is 32.1. The Morgan fingerprint density at radius 3 is 2.05 bits per heavy atom. The van der Waals surface area contributed by atoms with Crippen LogP contribution in [0, 0.1) is 42.5 Å². The van der Waals surface area contributed by atoms with Gasteiger partial charge in [-0.3, -0.25) is 28.7 Å². The largest absolute Gasteiger partial charge is 0.379 e. The Balaban J connectivity index is 0.000000199. The molecule has 13 atom stereocenters. The summed E-state index contributed by atoms with van der Waals surface area (Å²) in [6.07, 6.45) is 4.56. The molecule has 2 aromatic rings. The first-order valence-electron chi connectivity index (χ1n) is 20.0. The van der Waals surface area contributed by atoms with Gasteiger partial charge in [0.15, 0.2) is 26.3 Å². The molecular formula is C35H48N6O10P2S2. The number of hydrogen-bond acceptors (Lipinski definition) is 12. The van der Waals surface area contributed by atoms with Crippen LogP contribution in [0.4, 0.5) is 0 Å². The molecule has 2 aliphatic heterocycles. The number of ether oxygens (including phenoxy) is 4. The number of nitrogens with zero attached hydrogens (tertiary/aromatic N) is 4. The zero-order valence-corrected chi connectivity index (χ0v) is 34.3. The number of rotatable bonds is 14. The normalized spacial score (nSPS) is 35.9. The van der Waals surface area contributed by atoms with Crippen molar-refractivity contribution >= 4 is 41.2 Å². The van der Waals surface area contributed by atoms with E-state index >= 15 is 0 Å². The summed E-state index contributed by atoms with van der Waals surface area (Å²) in [5, 5.41) is 0. The molecule has 5 aliphatic rings. The van der Waals surface area contributed by atoms with Gasteiger partial charge in [-0.2, -0.15) is 0 Å². The molecule has 55 heavy (non-hydrogen) atoms. The first kappa shape index (κ1) is 37.0. The third-order valence-electron chi connectivity index (χ3n) is 10.8. The molecule has 0 radical (unpaired) electrons. The summed E-state index contributed by atoms with van der Waals surface area (Å²) in [4.78, 5) is 35.6. The van der Waals surface area contributed by atoms with Crippen LogP contribution in [0.15, 0.2) is 22.0 Å². The molecule has 3 aliphatic carbocycles. The highest BCUT2D eigenvalue weighted by molar-refractivity contribution is 7.71. The molecule has 0 bridgehead atoms. The van der Waals surface area contributed by atoms with E-state index in [2.05, 4.69) is 19.7 Å². The maximum atomic E-state index is 11.9. The number of methoxy groups -OCH3 is 2. The fraction of sp³-hybridized carbons (Fsp3) is 0.714. The minimum atomic E-state index is -1.42. The SMILES string of the molecule is [2H]C([3H])O[C@@H]1CC[C@]2(OP(C)OCC[N+]#[C-])C[C@H](n3cc(C)c(=O)[nH]c3=S)O[C@H]12.[2H]C([3H])O[C@]12C[C@H]1C[C@]1(OP(C)OCC[N+]#[C-])C[C@H](n3cc(C)c(=O)[nH]c3=S)O[C@@H]12. The van der Waals surface area contributed by atoms with Crippen molar-refractivity contribution in [1.29, 1.82) is 0 Å². The summed E-state index contributed by atoms with van der Waals surface area (Å²) < 4.78 is 81.9. The van der Waals surface area contributed by atoms with E-state index in [1.54, 1.807) is 35.4 Å². The molecule has 7 rings (SSSR count). The second kappa shape index (κ2) is 17.3. The number of H-pyrrole nitrogens is 2. The molecule has 2 saturated heterocycles. The van der Waals surface area contributed by atoms with E-state index in [9.17, 15) is 9.59 Å². The predicted octanol–water partition coefficient (Wildman–Crippen LogP) is 5.89. The van der Waals surface area contributed by atoms with Gasteiger partial charge in [0.2, 0.25) is 13.1 Å². The fourth-order valence-electron chi connectivity index (χ4n) is 8.28. The van der Waals surface area contributed by atoms with Crippen LogP contribution in [0.3, 0.4) is 0 Å². The Morgan fingerprint density at radius 2 is 1.49 bits per heavy atom. The van der Waals surface area contributed by atoms with E-state index in [4.69, 9.17) is 80.1 Å². The molecule has 2 N–H and O–H groups in total. The maximum absolute atomic E-state index is 11.9. The van der Waals surface area contributed by atoms with Crippen molar-refractivity contribution in [2.24, 2.45) is 5.92 Å². The van der Waals surface area contributed by atoms with Crippen LogP contribution in [0.5, 0.6) is 0 Å². The van der Waals surface area contributed by atoms with Crippen LogP contribution in [-0.4, -0.2) is 108 Å². The molecule has 3 saturated carbocycles. The Bertz CT molecular complexity index is 2170. The predicted molar refractivity (Wildman–Crippen MR) is 209 cm³/mol. The van der Waals surface area contributed by atoms with E-state index in [1.807, 2.05) is 13.3 Å². The van der Waals surface area contributed by atoms with E-state index in [1.165, 1.54) is 0 Å². The summed E-state index contributed by atoms with van der Waals surface area (Å²) in [6.45, 7) is 22.0. The zero-order valence-electron chi connectivity index (χ0n) is 34.9. The standard InChI is InChI=1S/C18H24N3O5PS.C17H24N3O5PS/c1-11-10-21(16(28)20-14(11)22)13-9-17(26-27(4)24-6-5-19-2)7-12-8-18(12,23-3)15(17)25-13;1-11-10-20(16(27)19-15(11)21)13-9-17(25-26(4)23-8-7-18-2)6-5-12(22-3)14(17)24-13/h10,12-13,15H,5-9H2,1,3-4H3,(H,20,22,28);10,12-14H,5-9H2,1,3-4H3,(H,19,21,27)/t12-,13-,15+,17+,18-,27?;12-,13-,14-,17+,26?/m11/s1/i2*3TD/t3?,12-,13-,15+,17+,18-,27?;3?,12-,13-,14-,17+,26?. The first-order chi connectivity index (χ1) is 28.0. The van der Waals surface area contributed by atoms with Gasteiger partial charge >= 0.3 is 0 Å². The number of aryl methyl sites for hydroxylation is 2. The second-order valence-electron chi connectivity index (χ2n) is 14.4. The fourth-order valence-corrected chi connectivity index (χ4v) is 11.1. The van der Waals surface area contributed by atoms with Crippen molar-refractivity contribution in [3.05, 3.63) is 76.6 Å². The summed E-state index contributed by atoms with van der Waals surface area (Å²) in [5.74, 6) is 0.165. The van der Waals surface area contributed by atoms with Gasteiger partial charge in [0.05, 0.1) is 11.6 Å². The molecular weight excluding hydrogens is 790 g/mol. The third-order valence-corrected chi connectivity index (χ3v) is 13.8. The molecule has 0 aromatic carbocycles. The van der Waals surface area contributed by atoms with Crippen molar-refractivity contribution in [1.82, 2.24) is 19.1 Å². The van der Waals surface area contributed by atoms with Gasteiger partial charge in [0, 0.05) is 63.8 Å². The van der Waals surface area contributed by atoms with E-state index in [0.717, 1.165) is 6.42 Å². The quantitative estimate of drug-likeness (QED) is 0.101. The minimum absolute atomic E-state index is 0.165. The monoisotopic (exact) mass is 844 g/mol. The summed E-state index contributed by atoms with van der Waals surface area (Å²) >= 11 is 10.7. The molecule has 2 aromatic heterocycles. The highest BCUT2D eigenvalue weighted by Gasteiger charge is 2.77.